The number of aryl methyl sites for hydroxylation is 1. The number of nitrogens with two attached hydrogens (primary N) is 1. The van der Waals surface area contributed by atoms with Crippen LogP contribution < -0.4 is 10.5 Å². The van der Waals surface area contributed by atoms with E-state index in [9.17, 15) is 0 Å². The second-order valence-electron chi connectivity index (χ2n) is 4.36. The second-order valence-corrected chi connectivity index (χ2v) is 4.77. The van der Waals surface area contributed by atoms with Crippen LogP contribution in [-0.2, 0) is 13.0 Å². The Hall–Kier alpha value is -1.51. The third kappa shape index (κ3) is 3.98. The molecule has 2 nitrogen and oxygen atoms in total. The summed E-state index contributed by atoms with van der Waals surface area (Å²) in [5.41, 5.74) is 7.89. The molecule has 19 heavy (non-hydrogen) atoms. The van der Waals surface area contributed by atoms with Crippen LogP contribution in [0.4, 0.5) is 0 Å². The molecule has 0 heterocycles. The molecular formula is C16H18ClNO. The van der Waals surface area contributed by atoms with Crippen molar-refractivity contribution in [1.29, 1.82) is 0 Å². The first-order valence-corrected chi connectivity index (χ1v) is 6.83. The average molecular weight is 276 g/mol. The number of benzene rings is 2. The van der Waals surface area contributed by atoms with Crippen molar-refractivity contribution in [2.45, 2.75) is 19.4 Å². The lowest BCUT2D eigenvalue weighted by atomic mass is 10.1. The fraction of sp³-hybridized carbons (Fsp3) is 0.250. The minimum Gasteiger partial charge on any atom is -0.493 e. The van der Waals surface area contributed by atoms with E-state index in [-0.39, 0.29) is 0 Å². The van der Waals surface area contributed by atoms with Gasteiger partial charge in [-0.15, -0.1) is 0 Å². The van der Waals surface area contributed by atoms with Crippen molar-refractivity contribution in [2.75, 3.05) is 6.61 Å². The van der Waals surface area contributed by atoms with Gasteiger partial charge in [-0.1, -0.05) is 48.0 Å². The molecule has 0 saturated carbocycles. The van der Waals surface area contributed by atoms with Gasteiger partial charge in [-0.3, -0.25) is 0 Å². The molecule has 0 aliphatic carbocycles. The molecule has 100 valence electrons. The summed E-state index contributed by atoms with van der Waals surface area (Å²) in [5.74, 6) is 0.795. The van der Waals surface area contributed by atoms with Gasteiger partial charge in [-0.25, -0.2) is 0 Å². The topological polar surface area (TPSA) is 35.2 Å². The average Bonchev–Trinajstić information content (AvgIpc) is 2.45. The lowest BCUT2D eigenvalue weighted by Crippen LogP contribution is -2.05. The summed E-state index contributed by atoms with van der Waals surface area (Å²) in [6.07, 6.45) is 1.99. The Balaban J connectivity index is 1.85. The van der Waals surface area contributed by atoms with Crippen molar-refractivity contribution in [3.63, 3.8) is 0 Å². The molecule has 0 aliphatic heterocycles. The molecule has 2 aromatic carbocycles. The zero-order valence-corrected chi connectivity index (χ0v) is 11.6. The maximum Gasteiger partial charge on any atom is 0.125 e. The summed E-state index contributed by atoms with van der Waals surface area (Å²) in [6, 6.07) is 16.0. The fourth-order valence-corrected chi connectivity index (χ4v) is 2.22. The highest BCUT2D eigenvalue weighted by Crippen LogP contribution is 2.25. The number of ether oxygens (including phenoxy) is 1. The standard InChI is InChI=1S/C16H18ClNO/c17-15-9-4-10-16(14(15)12-18)19-11-5-8-13-6-2-1-3-7-13/h1-4,6-7,9-10H,5,8,11-12,18H2. The molecule has 0 aromatic heterocycles. The van der Waals surface area contributed by atoms with E-state index < -0.39 is 0 Å². The zero-order chi connectivity index (χ0) is 13.5. The van der Waals surface area contributed by atoms with Gasteiger partial charge in [0.25, 0.3) is 0 Å². The second kappa shape index (κ2) is 7.17. The molecule has 0 aliphatic rings. The van der Waals surface area contributed by atoms with E-state index in [1.807, 2.05) is 24.3 Å². The highest BCUT2D eigenvalue weighted by molar-refractivity contribution is 6.31. The molecule has 0 amide bonds. The largest absolute Gasteiger partial charge is 0.493 e. The van der Waals surface area contributed by atoms with E-state index in [2.05, 4.69) is 24.3 Å². The smallest absolute Gasteiger partial charge is 0.125 e. The molecule has 0 saturated heterocycles. The predicted octanol–water partition coefficient (Wildman–Crippen LogP) is 3.81. The van der Waals surface area contributed by atoms with Crippen LogP contribution in [0.2, 0.25) is 5.02 Å². The predicted molar refractivity (Wildman–Crippen MR) is 79.6 cm³/mol. The van der Waals surface area contributed by atoms with Crippen molar-refractivity contribution in [1.82, 2.24) is 0 Å². The lowest BCUT2D eigenvalue weighted by Gasteiger charge is -2.11. The molecule has 0 fully saturated rings. The van der Waals surface area contributed by atoms with Gasteiger partial charge in [0.15, 0.2) is 0 Å². The maximum absolute atomic E-state index is 6.08. The Labute approximate surface area is 119 Å². The van der Waals surface area contributed by atoms with Crippen LogP contribution in [0, 0.1) is 0 Å². The van der Waals surface area contributed by atoms with Crippen molar-refractivity contribution < 1.29 is 4.74 Å². The molecule has 0 atom stereocenters. The first-order chi connectivity index (χ1) is 9.31. The van der Waals surface area contributed by atoms with Gasteiger partial charge in [0.2, 0.25) is 0 Å². The van der Waals surface area contributed by atoms with Gasteiger partial charge in [0, 0.05) is 17.1 Å². The Morgan fingerprint density at radius 1 is 1.00 bits per heavy atom. The first kappa shape index (κ1) is 13.9. The van der Waals surface area contributed by atoms with E-state index in [0.717, 1.165) is 24.2 Å². The SMILES string of the molecule is NCc1c(Cl)cccc1OCCCc1ccccc1. The number of rotatable bonds is 6. The molecule has 0 spiro atoms. The lowest BCUT2D eigenvalue weighted by molar-refractivity contribution is 0.308. The van der Waals surface area contributed by atoms with Gasteiger partial charge in [-0.2, -0.15) is 0 Å². The van der Waals surface area contributed by atoms with Crippen molar-refractivity contribution in [2.24, 2.45) is 5.73 Å². The van der Waals surface area contributed by atoms with E-state index in [1.165, 1.54) is 5.56 Å². The van der Waals surface area contributed by atoms with Crippen molar-refractivity contribution in [3.8, 4) is 5.75 Å². The summed E-state index contributed by atoms with van der Waals surface area (Å²) in [5, 5.41) is 0.669. The summed E-state index contributed by atoms with van der Waals surface area (Å²) in [7, 11) is 0. The maximum atomic E-state index is 6.08. The molecule has 3 heteroatoms. The Bertz CT molecular complexity index is 513. The first-order valence-electron chi connectivity index (χ1n) is 6.45. The number of halogens is 1. The van der Waals surface area contributed by atoms with Crippen LogP contribution in [0.25, 0.3) is 0 Å². The summed E-state index contributed by atoms with van der Waals surface area (Å²) in [4.78, 5) is 0. The molecule has 0 radical (unpaired) electrons. The summed E-state index contributed by atoms with van der Waals surface area (Å²) >= 11 is 6.08. The quantitative estimate of drug-likeness (QED) is 0.814. The van der Waals surface area contributed by atoms with Gasteiger partial charge in [0.1, 0.15) is 5.75 Å². The molecule has 2 rings (SSSR count). The minimum atomic E-state index is 0.397. The van der Waals surface area contributed by atoms with E-state index >= 15 is 0 Å². The Morgan fingerprint density at radius 2 is 1.79 bits per heavy atom. The van der Waals surface area contributed by atoms with Gasteiger partial charge in [0.05, 0.1) is 6.61 Å². The van der Waals surface area contributed by atoms with Crippen LogP contribution in [0.3, 0.4) is 0 Å². The summed E-state index contributed by atoms with van der Waals surface area (Å²) in [6.45, 7) is 1.07. The monoisotopic (exact) mass is 275 g/mol. The Morgan fingerprint density at radius 3 is 2.53 bits per heavy atom. The highest BCUT2D eigenvalue weighted by Gasteiger charge is 2.05. The minimum absolute atomic E-state index is 0.397. The van der Waals surface area contributed by atoms with E-state index in [0.29, 0.717) is 18.2 Å². The molecule has 0 bridgehead atoms. The van der Waals surface area contributed by atoms with Gasteiger partial charge >= 0.3 is 0 Å². The molecular weight excluding hydrogens is 258 g/mol. The highest BCUT2D eigenvalue weighted by atomic mass is 35.5. The van der Waals surface area contributed by atoms with E-state index in [1.54, 1.807) is 0 Å². The van der Waals surface area contributed by atoms with Crippen LogP contribution in [0.5, 0.6) is 5.75 Å². The van der Waals surface area contributed by atoms with Crippen molar-refractivity contribution >= 4 is 11.6 Å². The molecule has 2 aromatic rings. The number of hydrogen-bond acceptors (Lipinski definition) is 2. The van der Waals surface area contributed by atoms with E-state index in [4.69, 9.17) is 22.1 Å². The normalized spacial score (nSPS) is 10.4. The zero-order valence-electron chi connectivity index (χ0n) is 10.8. The third-order valence-corrected chi connectivity index (χ3v) is 3.34. The molecule has 0 unspecified atom stereocenters. The third-order valence-electron chi connectivity index (χ3n) is 2.99. The van der Waals surface area contributed by atoms with Crippen molar-refractivity contribution in [3.05, 3.63) is 64.7 Å². The van der Waals surface area contributed by atoms with Crippen LogP contribution in [-0.4, -0.2) is 6.61 Å². The number of hydrogen-bond donors (Lipinski definition) is 1. The fourth-order valence-electron chi connectivity index (χ4n) is 1.98. The Kier molecular flexibility index (Phi) is 5.25. The summed E-state index contributed by atoms with van der Waals surface area (Å²) < 4.78 is 5.77. The van der Waals surface area contributed by atoms with Crippen LogP contribution in [0.1, 0.15) is 17.5 Å². The molecule has 2 N–H and O–H groups in total. The van der Waals surface area contributed by atoms with Gasteiger partial charge < -0.3 is 10.5 Å². The van der Waals surface area contributed by atoms with Crippen LogP contribution in [0.15, 0.2) is 48.5 Å². The van der Waals surface area contributed by atoms with Crippen LogP contribution >= 0.6 is 11.6 Å². The van der Waals surface area contributed by atoms with Gasteiger partial charge in [-0.05, 0) is 30.5 Å².